The van der Waals surface area contributed by atoms with Crippen molar-refractivity contribution < 1.29 is 17.9 Å². The smallest absolute Gasteiger partial charge is 0.423 e. The minimum Gasteiger partial charge on any atom is -0.480 e. The third-order valence-corrected chi connectivity index (χ3v) is 2.55. The lowest BCUT2D eigenvalue weighted by Crippen LogP contribution is -2.11. The fourth-order valence-electron chi connectivity index (χ4n) is 1.59. The number of aromatic nitrogens is 2. The number of halogens is 3. The van der Waals surface area contributed by atoms with Crippen LogP contribution in [0, 0.1) is 11.3 Å². The Bertz CT molecular complexity index is 695. The van der Waals surface area contributed by atoms with Crippen molar-refractivity contribution in [2.24, 2.45) is 0 Å². The van der Waals surface area contributed by atoms with Crippen molar-refractivity contribution in [2.45, 2.75) is 6.18 Å². The third-order valence-electron chi connectivity index (χ3n) is 2.55. The van der Waals surface area contributed by atoms with E-state index >= 15 is 0 Å². The summed E-state index contributed by atoms with van der Waals surface area (Å²) in [6.45, 7) is 0. The molecule has 0 fully saturated rings. The summed E-state index contributed by atoms with van der Waals surface area (Å²) in [5.74, 6) is -0.683. The molecule has 21 heavy (non-hydrogen) atoms. The molecular weight excluding hydrogens is 285 g/mol. The van der Waals surface area contributed by atoms with Gasteiger partial charge in [-0.1, -0.05) is 12.1 Å². The van der Waals surface area contributed by atoms with Crippen LogP contribution in [-0.2, 0) is 6.18 Å². The first-order chi connectivity index (χ1) is 9.95. The molecule has 1 N–H and O–H groups in total. The number of para-hydroxylation sites is 1. The number of benzene rings is 1. The number of ether oxygens (including phenoxy) is 1. The van der Waals surface area contributed by atoms with E-state index in [-0.39, 0.29) is 5.95 Å². The van der Waals surface area contributed by atoms with Crippen LogP contribution in [0.25, 0.3) is 0 Å². The normalized spacial score (nSPS) is 10.8. The molecule has 0 radical (unpaired) electrons. The lowest BCUT2D eigenvalue weighted by Gasteiger charge is -2.12. The first-order valence-corrected chi connectivity index (χ1v) is 5.70. The molecule has 108 valence electrons. The maximum absolute atomic E-state index is 12.7. The largest absolute Gasteiger partial charge is 0.480 e. The molecule has 0 aliphatic rings. The average molecular weight is 294 g/mol. The molecule has 8 heteroatoms. The summed E-state index contributed by atoms with van der Waals surface area (Å²) in [5, 5.41) is 11.6. The van der Waals surface area contributed by atoms with E-state index < -0.39 is 17.6 Å². The molecule has 1 aromatic carbocycles. The zero-order valence-corrected chi connectivity index (χ0v) is 10.8. The number of anilines is 2. The Morgan fingerprint density at radius 3 is 2.62 bits per heavy atom. The second-order valence-corrected chi connectivity index (χ2v) is 3.90. The number of rotatable bonds is 3. The van der Waals surface area contributed by atoms with Crippen molar-refractivity contribution in [2.75, 3.05) is 12.4 Å². The van der Waals surface area contributed by atoms with Crippen LogP contribution in [0.3, 0.4) is 0 Å². The predicted molar refractivity (Wildman–Crippen MR) is 68.0 cm³/mol. The SMILES string of the molecule is COc1nc(Nc2ccccc2C#N)ncc1C(F)(F)F. The van der Waals surface area contributed by atoms with Crippen molar-refractivity contribution in [1.82, 2.24) is 9.97 Å². The Balaban J connectivity index is 2.37. The third kappa shape index (κ3) is 3.20. The molecular formula is C13H9F3N4O. The first kappa shape index (κ1) is 14.6. The Labute approximate surface area is 118 Å². The molecule has 1 aromatic heterocycles. The molecule has 0 aliphatic carbocycles. The highest BCUT2D eigenvalue weighted by molar-refractivity contribution is 5.62. The summed E-state index contributed by atoms with van der Waals surface area (Å²) in [5.41, 5.74) is -0.356. The van der Waals surface area contributed by atoms with Gasteiger partial charge in [-0.25, -0.2) is 4.98 Å². The Hall–Kier alpha value is -2.82. The quantitative estimate of drug-likeness (QED) is 0.941. The van der Waals surface area contributed by atoms with E-state index in [2.05, 4.69) is 20.0 Å². The van der Waals surface area contributed by atoms with Crippen LogP contribution in [0.5, 0.6) is 5.88 Å². The lowest BCUT2D eigenvalue weighted by molar-refractivity contribution is -0.139. The molecule has 0 spiro atoms. The van der Waals surface area contributed by atoms with E-state index in [1.807, 2.05) is 6.07 Å². The molecule has 0 atom stereocenters. The van der Waals surface area contributed by atoms with Crippen molar-refractivity contribution in [3.63, 3.8) is 0 Å². The standard InChI is InChI=1S/C13H9F3N4O/c1-21-11-9(13(14,15)16)7-18-12(20-11)19-10-5-3-2-4-8(10)6-17/h2-5,7H,1H3,(H,18,19,20). The highest BCUT2D eigenvalue weighted by Gasteiger charge is 2.36. The molecule has 1 heterocycles. The number of nitriles is 1. The van der Waals surface area contributed by atoms with E-state index in [0.717, 1.165) is 7.11 Å². The molecule has 2 aromatic rings. The molecule has 0 unspecified atom stereocenters. The van der Waals surface area contributed by atoms with Gasteiger partial charge in [0.15, 0.2) is 0 Å². The zero-order chi connectivity index (χ0) is 15.5. The number of methoxy groups -OCH3 is 1. The summed E-state index contributed by atoms with van der Waals surface area (Å²) in [6.07, 6.45) is -3.97. The summed E-state index contributed by atoms with van der Waals surface area (Å²) in [6, 6.07) is 8.43. The van der Waals surface area contributed by atoms with Crippen LogP contribution >= 0.6 is 0 Å². The average Bonchev–Trinajstić information content (AvgIpc) is 2.46. The van der Waals surface area contributed by atoms with Gasteiger partial charge in [-0.15, -0.1) is 0 Å². The van der Waals surface area contributed by atoms with Crippen molar-refractivity contribution >= 4 is 11.6 Å². The minimum absolute atomic E-state index is 0.0949. The van der Waals surface area contributed by atoms with E-state index in [4.69, 9.17) is 5.26 Å². The second-order valence-electron chi connectivity index (χ2n) is 3.90. The molecule has 5 nitrogen and oxygen atoms in total. The molecule has 0 bridgehead atoms. The van der Waals surface area contributed by atoms with Gasteiger partial charge in [0.05, 0.1) is 18.4 Å². The fourth-order valence-corrected chi connectivity index (χ4v) is 1.59. The van der Waals surface area contributed by atoms with Crippen molar-refractivity contribution in [1.29, 1.82) is 5.26 Å². The van der Waals surface area contributed by atoms with E-state index in [1.54, 1.807) is 24.3 Å². The summed E-state index contributed by atoms with van der Waals surface area (Å²) in [4.78, 5) is 7.25. The fraction of sp³-hybridized carbons (Fsp3) is 0.154. The molecule has 0 amide bonds. The van der Waals surface area contributed by atoms with Gasteiger partial charge in [-0.05, 0) is 12.1 Å². The van der Waals surface area contributed by atoms with Crippen LogP contribution in [0.15, 0.2) is 30.5 Å². The van der Waals surface area contributed by atoms with Gasteiger partial charge < -0.3 is 10.1 Å². The topological polar surface area (TPSA) is 70.8 Å². The monoisotopic (exact) mass is 294 g/mol. The maximum atomic E-state index is 12.7. The van der Waals surface area contributed by atoms with Gasteiger partial charge in [0.2, 0.25) is 11.8 Å². The summed E-state index contributed by atoms with van der Waals surface area (Å²) < 4.78 is 42.7. The Morgan fingerprint density at radius 2 is 2.00 bits per heavy atom. The van der Waals surface area contributed by atoms with Gasteiger partial charge in [-0.3, -0.25) is 0 Å². The predicted octanol–water partition coefficient (Wildman–Crippen LogP) is 3.12. The zero-order valence-electron chi connectivity index (χ0n) is 10.8. The number of nitrogens with zero attached hydrogens (tertiary/aromatic N) is 3. The van der Waals surface area contributed by atoms with Crippen LogP contribution < -0.4 is 10.1 Å². The van der Waals surface area contributed by atoms with E-state index in [9.17, 15) is 13.2 Å². The minimum atomic E-state index is -4.60. The highest BCUT2D eigenvalue weighted by atomic mass is 19.4. The number of hydrogen-bond acceptors (Lipinski definition) is 5. The van der Waals surface area contributed by atoms with Crippen LogP contribution in [0.2, 0.25) is 0 Å². The first-order valence-electron chi connectivity index (χ1n) is 5.70. The van der Waals surface area contributed by atoms with Gasteiger partial charge in [-0.2, -0.15) is 23.4 Å². The summed E-state index contributed by atoms with van der Waals surface area (Å²) >= 11 is 0. The van der Waals surface area contributed by atoms with Gasteiger partial charge in [0, 0.05) is 6.20 Å². The molecule has 0 saturated heterocycles. The van der Waals surface area contributed by atoms with Crippen LogP contribution in [0.1, 0.15) is 11.1 Å². The van der Waals surface area contributed by atoms with Crippen LogP contribution in [0.4, 0.5) is 24.8 Å². The highest BCUT2D eigenvalue weighted by Crippen LogP contribution is 2.35. The number of hydrogen-bond donors (Lipinski definition) is 1. The second kappa shape index (κ2) is 5.66. The van der Waals surface area contributed by atoms with Crippen LogP contribution in [-0.4, -0.2) is 17.1 Å². The number of alkyl halides is 3. The Kier molecular flexibility index (Phi) is 3.93. The van der Waals surface area contributed by atoms with E-state index in [0.29, 0.717) is 17.4 Å². The van der Waals surface area contributed by atoms with Crippen molar-refractivity contribution in [3.8, 4) is 11.9 Å². The lowest BCUT2D eigenvalue weighted by atomic mass is 10.2. The van der Waals surface area contributed by atoms with Gasteiger partial charge >= 0.3 is 6.18 Å². The molecule has 0 aliphatic heterocycles. The summed E-state index contributed by atoms with van der Waals surface area (Å²) in [7, 11) is 1.09. The Morgan fingerprint density at radius 1 is 1.29 bits per heavy atom. The van der Waals surface area contributed by atoms with Gasteiger partial charge in [0.1, 0.15) is 11.6 Å². The maximum Gasteiger partial charge on any atom is 0.423 e. The van der Waals surface area contributed by atoms with Gasteiger partial charge in [0.25, 0.3) is 0 Å². The van der Waals surface area contributed by atoms with Crippen molar-refractivity contribution in [3.05, 3.63) is 41.6 Å². The molecule has 2 rings (SSSR count). The molecule has 0 saturated carbocycles. The van der Waals surface area contributed by atoms with E-state index in [1.165, 1.54) is 0 Å². The number of nitrogens with one attached hydrogen (secondary N) is 1.